The maximum absolute atomic E-state index is 7.28. The third-order valence-electron chi connectivity index (χ3n) is 21.5. The Kier molecular flexibility index (Phi) is 16.4. The minimum atomic E-state index is -0.114. The molecule has 0 N–H and O–H groups in total. The van der Waals surface area contributed by atoms with Crippen LogP contribution in [0.3, 0.4) is 0 Å². The van der Waals surface area contributed by atoms with Crippen molar-refractivity contribution in [3.8, 4) is 11.1 Å². The van der Waals surface area contributed by atoms with E-state index in [1.807, 2.05) is 0 Å². The summed E-state index contributed by atoms with van der Waals surface area (Å²) in [5.74, 6) is 3.92. The number of hydrogen-bond donors (Lipinski definition) is 0. The number of nitrogens with zero attached hydrogens (tertiary/aromatic N) is 2. The van der Waals surface area contributed by atoms with E-state index < -0.39 is 0 Å². The number of aryl methyl sites for hydroxylation is 1. The Hall–Kier alpha value is -6.72. The minimum absolute atomic E-state index is 0.105. The lowest BCUT2D eigenvalue weighted by molar-refractivity contribution is 0.469. The van der Waals surface area contributed by atoms with Crippen LogP contribution >= 0.6 is 0 Å². The summed E-state index contributed by atoms with van der Waals surface area (Å²) in [5, 5.41) is 3.68. The molecule has 1 fully saturated rings. The van der Waals surface area contributed by atoms with Gasteiger partial charge in [0.2, 0.25) is 0 Å². The van der Waals surface area contributed by atoms with Gasteiger partial charge in [-0.05, 0) is 207 Å². The molecule has 4 aliphatic rings. The van der Waals surface area contributed by atoms with Crippen molar-refractivity contribution in [1.29, 1.82) is 0 Å². The van der Waals surface area contributed by atoms with Crippen molar-refractivity contribution in [1.82, 2.24) is 0 Å². The number of hydrogen-bond acceptors (Lipinski definition) is 4. The normalized spacial score (nSPS) is 18.5. The summed E-state index contributed by atoms with van der Waals surface area (Å²) in [6.07, 6.45) is 22.4. The molecule has 5 heteroatoms. The molecule has 6 unspecified atom stereocenters. The number of rotatable bonds is 20. The van der Waals surface area contributed by atoms with E-state index >= 15 is 0 Å². The van der Waals surface area contributed by atoms with Crippen molar-refractivity contribution in [2.45, 2.75) is 228 Å². The van der Waals surface area contributed by atoms with Gasteiger partial charge in [0.05, 0.1) is 22.4 Å². The Morgan fingerprint density at radius 3 is 1.91 bits per heavy atom. The topological polar surface area (TPSA) is 32.8 Å². The molecule has 0 bridgehead atoms. The second-order valence-electron chi connectivity index (χ2n) is 29.7. The van der Waals surface area contributed by atoms with Gasteiger partial charge in [0.15, 0.2) is 0 Å². The zero-order valence-electron chi connectivity index (χ0n) is 56.0. The van der Waals surface area contributed by atoms with Crippen LogP contribution in [-0.2, 0) is 17.3 Å². The van der Waals surface area contributed by atoms with Crippen LogP contribution in [-0.4, -0.2) is 6.71 Å². The number of allylic oxidation sites excluding steroid dienone is 1. The summed E-state index contributed by atoms with van der Waals surface area (Å²) in [7, 11) is 0. The van der Waals surface area contributed by atoms with Crippen LogP contribution in [0.15, 0.2) is 130 Å². The van der Waals surface area contributed by atoms with Gasteiger partial charge in [0.1, 0.15) is 22.5 Å². The molecule has 0 saturated heterocycles. The first-order valence-electron chi connectivity index (χ1n) is 34.9. The Balaban J connectivity index is 1.19. The standard InChI is InChI=1S/C83H99BN2O2/c1-15-21-26-51(7)60-46-70-79-71(47-60)86(69-45-58(54(20-6)24-18-4)34-36-64(69)56-30-32-57(33-31-56)65-44-59(65)25-19-5)81-68(38-42-75-78(81)76-52(8)55(28-23-17-3)35-40-73(76)88-75)84(79)67-37-41-74-77(66-43-53(27-22-16-2)29-39-72(66)87-74)80(67)85(70)63-49-61(82(9,10)11)48-62(50-63)83(12,13)14/h29-43,45-52,54-55,59,65H,15-28,44H2,1-14H3. The van der Waals surface area contributed by atoms with Crippen molar-refractivity contribution >= 4 is 96.2 Å². The molecule has 2 aliphatic heterocycles. The summed E-state index contributed by atoms with van der Waals surface area (Å²) in [5.41, 5.74) is 26.5. The fourth-order valence-electron chi connectivity index (χ4n) is 16.1. The lowest BCUT2D eigenvalue weighted by Gasteiger charge is -2.46. The van der Waals surface area contributed by atoms with Crippen LogP contribution in [0, 0.1) is 11.8 Å². The molecule has 0 radical (unpaired) electrons. The lowest BCUT2D eigenvalue weighted by atomic mass is 9.33. The second-order valence-corrected chi connectivity index (χ2v) is 29.7. The van der Waals surface area contributed by atoms with Crippen molar-refractivity contribution in [3.63, 3.8) is 0 Å². The summed E-state index contributed by atoms with van der Waals surface area (Å²) in [6, 6.07) is 47.2. The van der Waals surface area contributed by atoms with Crippen LogP contribution in [0.5, 0.6) is 0 Å². The molecule has 456 valence electrons. The molecule has 88 heavy (non-hydrogen) atoms. The molecule has 0 spiro atoms. The van der Waals surface area contributed by atoms with Crippen molar-refractivity contribution in [3.05, 3.63) is 166 Å². The molecule has 4 heterocycles. The second kappa shape index (κ2) is 23.9. The maximum Gasteiger partial charge on any atom is 0.252 e. The molecule has 2 aromatic heterocycles. The predicted octanol–water partition coefficient (Wildman–Crippen LogP) is 23.4. The number of benzene rings is 7. The SMILES string of the molecule is CCCCc1ccc2oc3ccc4c(c3c2c1)N(c1cc(C(C)(C)C)cc(C(C)(C)C)c1)c1cc(C(C)CCCC)cc2c1B4c1ccc3oc4c(c3c1N2c1cc(C(CC)CCC)ccc1-c1ccc(C2CC2CCC)cc1)C(C)C(CCCC)C=C4. The molecular formula is C83H99BN2O2. The third-order valence-corrected chi connectivity index (χ3v) is 21.5. The molecule has 9 aromatic rings. The lowest BCUT2D eigenvalue weighted by Crippen LogP contribution is -2.61. The summed E-state index contributed by atoms with van der Waals surface area (Å²) >= 11 is 0. The number of fused-ring (bicyclic) bond motifs is 12. The Labute approximate surface area is 528 Å². The Morgan fingerprint density at radius 1 is 0.591 bits per heavy atom. The van der Waals surface area contributed by atoms with E-state index in [1.54, 1.807) is 0 Å². The smallest absolute Gasteiger partial charge is 0.252 e. The van der Waals surface area contributed by atoms with E-state index in [1.165, 1.54) is 155 Å². The highest BCUT2D eigenvalue weighted by Crippen LogP contribution is 2.56. The number of furan rings is 2. The number of unbranched alkanes of at least 4 members (excludes halogenated alkanes) is 3. The van der Waals surface area contributed by atoms with E-state index in [0.29, 0.717) is 23.7 Å². The zero-order chi connectivity index (χ0) is 61.5. The van der Waals surface area contributed by atoms with Crippen LogP contribution in [0.25, 0.3) is 50.1 Å². The van der Waals surface area contributed by atoms with E-state index in [2.05, 4.69) is 234 Å². The fourth-order valence-corrected chi connectivity index (χ4v) is 16.1. The summed E-state index contributed by atoms with van der Waals surface area (Å²) in [4.78, 5) is 5.58. The predicted molar refractivity (Wildman–Crippen MR) is 381 cm³/mol. The molecule has 4 nitrogen and oxygen atoms in total. The molecule has 6 atom stereocenters. The van der Waals surface area contributed by atoms with Gasteiger partial charge in [0, 0.05) is 39.0 Å². The largest absolute Gasteiger partial charge is 0.456 e. The minimum Gasteiger partial charge on any atom is -0.456 e. The van der Waals surface area contributed by atoms with Crippen LogP contribution in [0.1, 0.15) is 255 Å². The van der Waals surface area contributed by atoms with Gasteiger partial charge in [-0.25, -0.2) is 0 Å². The first-order valence-corrected chi connectivity index (χ1v) is 34.9. The first kappa shape index (κ1) is 60.2. The van der Waals surface area contributed by atoms with E-state index in [4.69, 9.17) is 8.83 Å². The van der Waals surface area contributed by atoms with Gasteiger partial charge in [-0.15, -0.1) is 0 Å². The highest BCUT2D eigenvalue weighted by Gasteiger charge is 2.48. The van der Waals surface area contributed by atoms with Gasteiger partial charge in [0.25, 0.3) is 6.71 Å². The van der Waals surface area contributed by atoms with Gasteiger partial charge in [-0.2, -0.15) is 0 Å². The van der Waals surface area contributed by atoms with Gasteiger partial charge in [-0.1, -0.05) is 215 Å². The van der Waals surface area contributed by atoms with Crippen molar-refractivity contribution in [2.24, 2.45) is 11.8 Å². The Morgan fingerprint density at radius 2 is 1.25 bits per heavy atom. The van der Waals surface area contributed by atoms with Crippen molar-refractivity contribution in [2.75, 3.05) is 9.80 Å². The Bertz CT molecular complexity index is 4070. The van der Waals surface area contributed by atoms with Crippen molar-refractivity contribution < 1.29 is 8.83 Å². The molecule has 2 aliphatic carbocycles. The highest BCUT2D eigenvalue weighted by molar-refractivity contribution is 7.01. The highest BCUT2D eigenvalue weighted by atomic mass is 16.3. The maximum atomic E-state index is 7.28. The van der Waals surface area contributed by atoms with E-state index in [9.17, 15) is 0 Å². The molecule has 7 aromatic carbocycles. The van der Waals surface area contributed by atoms with Crippen LogP contribution in [0.4, 0.5) is 34.1 Å². The average Bonchev–Trinajstić information content (AvgIpc) is 0.959. The summed E-state index contributed by atoms with van der Waals surface area (Å²) < 4.78 is 14.4. The average molecular weight is 1170 g/mol. The molecular weight excluding hydrogens is 1070 g/mol. The van der Waals surface area contributed by atoms with E-state index in [-0.39, 0.29) is 23.5 Å². The molecule has 0 amide bonds. The quantitative estimate of drug-likeness (QED) is 0.0712. The molecule has 13 rings (SSSR count). The number of anilines is 6. The fraction of sp³-hybridized carbons (Fsp3) is 0.446. The van der Waals surface area contributed by atoms with Gasteiger partial charge in [-0.3, -0.25) is 0 Å². The first-order chi connectivity index (χ1) is 42.5. The van der Waals surface area contributed by atoms with Gasteiger partial charge >= 0.3 is 0 Å². The molecule has 1 saturated carbocycles. The van der Waals surface area contributed by atoms with Crippen LogP contribution in [0.2, 0.25) is 0 Å². The monoisotopic (exact) mass is 1170 g/mol. The third kappa shape index (κ3) is 10.6. The van der Waals surface area contributed by atoms with Gasteiger partial charge < -0.3 is 18.6 Å². The zero-order valence-corrected chi connectivity index (χ0v) is 56.0. The van der Waals surface area contributed by atoms with Crippen LogP contribution < -0.4 is 26.2 Å². The summed E-state index contributed by atoms with van der Waals surface area (Å²) in [6.45, 7) is 33.3. The van der Waals surface area contributed by atoms with E-state index in [0.717, 1.165) is 86.2 Å².